The number of alkyl halides is 2. The van der Waals surface area contributed by atoms with Crippen LogP contribution in [0.1, 0.15) is 46.9 Å². The van der Waals surface area contributed by atoms with Crippen molar-refractivity contribution in [3.63, 3.8) is 0 Å². The average molecular weight is 400 g/mol. The molecule has 1 fully saturated rings. The molecule has 8 heteroatoms. The quantitative estimate of drug-likeness (QED) is 0.810. The molecule has 0 bridgehead atoms. The first-order valence-electron chi connectivity index (χ1n) is 10.0. The zero-order valence-electron chi connectivity index (χ0n) is 16.1. The van der Waals surface area contributed by atoms with E-state index in [2.05, 4.69) is 15.3 Å². The third-order valence-electron chi connectivity index (χ3n) is 6.25. The summed E-state index contributed by atoms with van der Waals surface area (Å²) >= 11 is 0. The molecule has 6 nitrogen and oxygen atoms in total. The summed E-state index contributed by atoms with van der Waals surface area (Å²) in [5, 5.41) is 12.7. The topological polar surface area (TPSA) is 78.4 Å². The molecule has 2 atom stereocenters. The number of aliphatic hydroxyl groups is 1. The minimum atomic E-state index is -2.99. The molecule has 2 aromatic rings. The van der Waals surface area contributed by atoms with Gasteiger partial charge in [0.2, 0.25) is 5.95 Å². The summed E-state index contributed by atoms with van der Waals surface area (Å²) < 4.78 is 29.1. The first-order valence-corrected chi connectivity index (χ1v) is 10.0. The number of aromatic nitrogens is 2. The summed E-state index contributed by atoms with van der Waals surface area (Å²) in [7, 11) is 0. The van der Waals surface area contributed by atoms with E-state index in [4.69, 9.17) is 0 Å². The number of fused-ring (bicyclic) bond motifs is 2. The van der Waals surface area contributed by atoms with Crippen LogP contribution in [0.15, 0.2) is 18.2 Å². The van der Waals surface area contributed by atoms with Crippen LogP contribution < -0.4 is 10.2 Å². The number of aryl methyl sites for hydroxylation is 1. The van der Waals surface area contributed by atoms with Crippen molar-refractivity contribution in [2.75, 3.05) is 18.0 Å². The highest BCUT2D eigenvalue weighted by Gasteiger charge is 2.45. The van der Waals surface area contributed by atoms with E-state index in [0.29, 0.717) is 29.9 Å². The molecule has 1 aromatic carbocycles. The number of halogens is 2. The van der Waals surface area contributed by atoms with Crippen LogP contribution in [0.4, 0.5) is 14.7 Å². The van der Waals surface area contributed by atoms with Gasteiger partial charge in [0.05, 0.1) is 17.8 Å². The summed E-state index contributed by atoms with van der Waals surface area (Å²) in [6.07, 6.45) is 0.999. The number of carbonyl (C=O) groups excluding carboxylic acids is 1. The Labute approximate surface area is 167 Å². The number of amides is 1. The highest BCUT2D eigenvalue weighted by Crippen LogP contribution is 2.45. The van der Waals surface area contributed by atoms with Gasteiger partial charge in [-0.25, -0.2) is 9.97 Å². The van der Waals surface area contributed by atoms with Crippen LogP contribution in [0.25, 0.3) is 11.3 Å². The number of hydrogen-bond donors (Lipinski definition) is 2. The van der Waals surface area contributed by atoms with E-state index in [9.17, 15) is 18.7 Å². The van der Waals surface area contributed by atoms with Crippen molar-refractivity contribution in [1.82, 2.24) is 15.3 Å². The molecule has 3 heterocycles. The second-order valence-corrected chi connectivity index (χ2v) is 8.10. The van der Waals surface area contributed by atoms with E-state index in [-0.39, 0.29) is 36.4 Å². The third-order valence-corrected chi connectivity index (χ3v) is 6.25. The van der Waals surface area contributed by atoms with Gasteiger partial charge in [-0.3, -0.25) is 4.79 Å². The number of hydrogen-bond acceptors (Lipinski definition) is 5. The summed E-state index contributed by atoms with van der Waals surface area (Å²) in [4.78, 5) is 22.8. The van der Waals surface area contributed by atoms with Crippen LogP contribution in [-0.4, -0.2) is 46.2 Å². The Hall–Kier alpha value is -2.61. The minimum absolute atomic E-state index is 0.104. The van der Waals surface area contributed by atoms with Gasteiger partial charge in [0.25, 0.3) is 11.8 Å². The molecule has 2 N–H and O–H groups in total. The van der Waals surface area contributed by atoms with Crippen molar-refractivity contribution >= 4 is 11.9 Å². The lowest BCUT2D eigenvalue weighted by molar-refractivity contribution is -0.00603. The Kier molecular flexibility index (Phi) is 4.10. The van der Waals surface area contributed by atoms with Crippen LogP contribution >= 0.6 is 0 Å². The maximum atomic E-state index is 14.5. The second kappa shape index (κ2) is 6.45. The third kappa shape index (κ3) is 2.88. The molecule has 3 aliphatic rings. The number of nitrogens with zero attached hydrogens (tertiary/aromatic N) is 3. The predicted molar refractivity (Wildman–Crippen MR) is 103 cm³/mol. The van der Waals surface area contributed by atoms with E-state index in [1.54, 1.807) is 17.0 Å². The molecule has 0 unspecified atom stereocenters. The van der Waals surface area contributed by atoms with Crippen LogP contribution in [0.5, 0.6) is 0 Å². The van der Waals surface area contributed by atoms with E-state index >= 15 is 0 Å². The number of anilines is 1. The van der Waals surface area contributed by atoms with Crippen molar-refractivity contribution < 1.29 is 18.7 Å². The first kappa shape index (κ1) is 18.4. The van der Waals surface area contributed by atoms with Crippen LogP contribution in [-0.2, 0) is 18.8 Å². The van der Waals surface area contributed by atoms with Crippen LogP contribution in [0, 0.1) is 0 Å². The number of carbonyl (C=O) groups is 1. The van der Waals surface area contributed by atoms with E-state index < -0.39 is 12.0 Å². The van der Waals surface area contributed by atoms with Gasteiger partial charge in [0, 0.05) is 36.2 Å². The molecule has 5 rings (SSSR count). The number of β-amino-alcohol motifs (C(OH)–C–C–N with tert-alkyl or cyclic N) is 1. The summed E-state index contributed by atoms with van der Waals surface area (Å²) in [6.45, 7) is 2.77. The molecule has 1 aliphatic carbocycles. The number of aliphatic hydroxyl groups excluding tert-OH is 1. The van der Waals surface area contributed by atoms with E-state index in [1.807, 2.05) is 13.0 Å². The van der Waals surface area contributed by atoms with E-state index in [1.165, 1.54) is 0 Å². The Morgan fingerprint density at radius 3 is 2.86 bits per heavy atom. The number of nitrogens with one attached hydrogen (secondary N) is 1. The Bertz CT molecular complexity index is 1010. The number of rotatable bonds is 2. The van der Waals surface area contributed by atoms with Gasteiger partial charge < -0.3 is 15.3 Å². The van der Waals surface area contributed by atoms with Gasteiger partial charge in [-0.1, -0.05) is 6.07 Å². The lowest BCUT2D eigenvalue weighted by Crippen LogP contribution is -2.59. The maximum absolute atomic E-state index is 14.5. The summed E-state index contributed by atoms with van der Waals surface area (Å²) in [5.41, 5.74) is 3.03. The second-order valence-electron chi connectivity index (χ2n) is 8.10. The van der Waals surface area contributed by atoms with Crippen molar-refractivity contribution in [3.05, 3.63) is 40.6 Å². The average Bonchev–Trinajstić information content (AvgIpc) is 2.90. The van der Waals surface area contributed by atoms with Crippen molar-refractivity contribution in [2.24, 2.45) is 0 Å². The molecule has 1 amide bonds. The highest BCUT2D eigenvalue weighted by molar-refractivity contribution is 5.96. The molecule has 1 saturated heterocycles. The van der Waals surface area contributed by atoms with Crippen molar-refractivity contribution in [3.8, 4) is 11.3 Å². The standard InChI is InChI=1S/C21H22F2N4O2/c1-11-16(28)10-27(11)20-25-17(15-6-7-21(22,23)18(15)26-20)13-4-5-14-12(9-13)3-2-8-24-19(14)29/h4-5,9,11,16,28H,2-3,6-8,10H2,1H3,(H,24,29)/t11-,16+/m0/s1. The summed E-state index contributed by atoms with van der Waals surface area (Å²) in [5.74, 6) is -2.86. The van der Waals surface area contributed by atoms with Gasteiger partial charge in [0.1, 0.15) is 5.69 Å². The van der Waals surface area contributed by atoms with Crippen molar-refractivity contribution in [2.45, 2.75) is 50.7 Å². The molecule has 0 saturated carbocycles. The molecule has 0 radical (unpaired) electrons. The predicted octanol–water partition coefficient (Wildman–Crippen LogP) is 2.43. The zero-order chi connectivity index (χ0) is 20.3. The summed E-state index contributed by atoms with van der Waals surface area (Å²) in [6, 6.07) is 5.22. The molecule has 0 spiro atoms. The first-order chi connectivity index (χ1) is 13.8. The highest BCUT2D eigenvalue weighted by atomic mass is 19.3. The molecule has 29 heavy (non-hydrogen) atoms. The zero-order valence-corrected chi connectivity index (χ0v) is 16.1. The van der Waals surface area contributed by atoms with Gasteiger partial charge in [-0.05, 0) is 43.9 Å². The molecule has 2 aliphatic heterocycles. The molecule has 152 valence electrons. The lowest BCUT2D eigenvalue weighted by atomic mass is 9.97. The minimum Gasteiger partial charge on any atom is -0.389 e. The van der Waals surface area contributed by atoms with Gasteiger partial charge in [0.15, 0.2) is 0 Å². The number of benzene rings is 1. The van der Waals surface area contributed by atoms with Gasteiger partial charge in [-0.2, -0.15) is 8.78 Å². The Morgan fingerprint density at radius 2 is 2.10 bits per heavy atom. The maximum Gasteiger partial charge on any atom is 0.290 e. The molecular formula is C21H22F2N4O2. The van der Waals surface area contributed by atoms with Crippen LogP contribution in [0.3, 0.4) is 0 Å². The van der Waals surface area contributed by atoms with Crippen molar-refractivity contribution in [1.29, 1.82) is 0 Å². The van der Waals surface area contributed by atoms with Crippen LogP contribution in [0.2, 0.25) is 0 Å². The lowest BCUT2D eigenvalue weighted by Gasteiger charge is -2.43. The monoisotopic (exact) mass is 400 g/mol. The van der Waals surface area contributed by atoms with Gasteiger partial charge >= 0.3 is 0 Å². The fourth-order valence-corrected chi connectivity index (χ4v) is 4.38. The SMILES string of the molecule is C[C@H]1[C@H](O)CN1c1nc(-c2ccc3c(c2)CCCNC3=O)c2c(n1)C(F)(F)CC2. The largest absolute Gasteiger partial charge is 0.389 e. The normalized spacial score (nSPS) is 25.0. The smallest absolute Gasteiger partial charge is 0.290 e. The fraction of sp³-hybridized carbons (Fsp3) is 0.476. The Morgan fingerprint density at radius 1 is 1.28 bits per heavy atom. The van der Waals surface area contributed by atoms with Gasteiger partial charge in [-0.15, -0.1) is 0 Å². The Balaban J connectivity index is 1.64. The fourth-order valence-electron chi connectivity index (χ4n) is 4.38. The molecule has 1 aromatic heterocycles. The van der Waals surface area contributed by atoms with E-state index in [0.717, 1.165) is 24.0 Å². The molecular weight excluding hydrogens is 378 g/mol.